The van der Waals surface area contributed by atoms with E-state index in [2.05, 4.69) is 11.6 Å². The van der Waals surface area contributed by atoms with Crippen molar-refractivity contribution < 1.29 is 0 Å². The molecule has 1 aromatic rings. The van der Waals surface area contributed by atoms with Gasteiger partial charge in [-0.2, -0.15) is 5.26 Å². The van der Waals surface area contributed by atoms with Crippen molar-refractivity contribution in [3.8, 4) is 6.07 Å². The van der Waals surface area contributed by atoms with Gasteiger partial charge in [0, 0.05) is 0 Å². The lowest BCUT2D eigenvalue weighted by atomic mass is 10.1. The lowest BCUT2D eigenvalue weighted by Gasteiger charge is -2.07. The third-order valence-electron chi connectivity index (χ3n) is 1.69. The van der Waals surface area contributed by atoms with Crippen LogP contribution in [0.5, 0.6) is 0 Å². The van der Waals surface area contributed by atoms with E-state index in [-0.39, 0.29) is 6.04 Å². The number of nitriles is 1. The van der Waals surface area contributed by atoms with Gasteiger partial charge in [0.2, 0.25) is 0 Å². The molecule has 1 rings (SSSR count). The molecule has 2 N–H and O–H groups in total. The second-order valence-corrected chi connectivity index (χ2v) is 2.69. The van der Waals surface area contributed by atoms with Gasteiger partial charge < -0.3 is 5.73 Å². The Balaban J connectivity index is 2.89. The quantitative estimate of drug-likeness (QED) is 0.705. The first-order chi connectivity index (χ1) is 6.27. The molecule has 3 heteroatoms. The van der Waals surface area contributed by atoms with Crippen LogP contribution < -0.4 is 5.73 Å². The third kappa shape index (κ3) is 2.39. The average Bonchev–Trinajstić information content (AvgIpc) is 2.18. The van der Waals surface area contributed by atoms with Crippen molar-refractivity contribution in [2.24, 2.45) is 5.73 Å². The fraction of sp³-hybridized carbons (Fsp3) is 0.200. The van der Waals surface area contributed by atoms with Crippen LogP contribution in [0.4, 0.5) is 0 Å². The predicted molar refractivity (Wildman–Crippen MR) is 50.7 cm³/mol. The number of nitrogens with two attached hydrogens (primary N) is 1. The van der Waals surface area contributed by atoms with E-state index in [0.717, 1.165) is 5.69 Å². The van der Waals surface area contributed by atoms with Gasteiger partial charge in [0.1, 0.15) is 11.8 Å². The van der Waals surface area contributed by atoms with Gasteiger partial charge in [-0.3, -0.25) is 0 Å². The molecule has 0 bridgehead atoms. The Kier molecular flexibility index (Phi) is 3.18. The lowest BCUT2D eigenvalue weighted by molar-refractivity contribution is 0.712. The first-order valence-corrected chi connectivity index (χ1v) is 4.01. The van der Waals surface area contributed by atoms with Gasteiger partial charge in [-0.25, -0.2) is 4.98 Å². The molecule has 1 aromatic heterocycles. The molecule has 1 heterocycles. The van der Waals surface area contributed by atoms with Crippen LogP contribution in [0, 0.1) is 11.3 Å². The van der Waals surface area contributed by atoms with Crippen molar-refractivity contribution in [2.45, 2.75) is 12.5 Å². The maximum Gasteiger partial charge on any atom is 0.140 e. The lowest BCUT2D eigenvalue weighted by Crippen LogP contribution is -2.11. The van der Waals surface area contributed by atoms with Crippen molar-refractivity contribution in [3.05, 3.63) is 42.2 Å². The molecule has 0 saturated carbocycles. The fourth-order valence-corrected chi connectivity index (χ4v) is 1.02. The molecule has 0 aliphatic carbocycles. The van der Waals surface area contributed by atoms with Crippen LogP contribution in [0.3, 0.4) is 0 Å². The standard InChI is InChI=1S/C10H11N3/c1-2-4-9(12)10-6-3-5-8(7-11)13-10/h2-3,5-6,9H,1,4,12H2/t9-/m0/s1. The maximum absolute atomic E-state index is 8.60. The van der Waals surface area contributed by atoms with Crippen molar-refractivity contribution in [3.63, 3.8) is 0 Å². The van der Waals surface area contributed by atoms with Crippen molar-refractivity contribution >= 4 is 0 Å². The molecule has 1 atom stereocenters. The second kappa shape index (κ2) is 4.39. The SMILES string of the molecule is C=CC[C@H](N)c1cccc(C#N)n1. The predicted octanol–water partition coefficient (Wildman–Crippen LogP) is 1.53. The van der Waals surface area contributed by atoms with Crippen LogP contribution in [0.2, 0.25) is 0 Å². The van der Waals surface area contributed by atoms with Gasteiger partial charge in [-0.05, 0) is 18.6 Å². The minimum absolute atomic E-state index is 0.161. The van der Waals surface area contributed by atoms with E-state index < -0.39 is 0 Å². The Morgan fingerprint density at radius 1 is 1.69 bits per heavy atom. The Morgan fingerprint density at radius 2 is 2.46 bits per heavy atom. The molecular formula is C10H11N3. The molecule has 0 unspecified atom stereocenters. The summed E-state index contributed by atoms with van der Waals surface area (Å²) in [4.78, 5) is 4.08. The monoisotopic (exact) mass is 173 g/mol. The highest BCUT2D eigenvalue weighted by atomic mass is 14.8. The molecule has 0 saturated heterocycles. The van der Waals surface area contributed by atoms with E-state index in [9.17, 15) is 0 Å². The molecule has 0 aliphatic rings. The smallest absolute Gasteiger partial charge is 0.140 e. The summed E-state index contributed by atoms with van der Waals surface area (Å²) in [5.74, 6) is 0. The van der Waals surface area contributed by atoms with Gasteiger partial charge in [0.25, 0.3) is 0 Å². The molecule has 3 nitrogen and oxygen atoms in total. The molecule has 0 amide bonds. The zero-order valence-corrected chi connectivity index (χ0v) is 7.27. The Hall–Kier alpha value is -1.66. The summed E-state index contributed by atoms with van der Waals surface area (Å²) in [6.45, 7) is 3.60. The average molecular weight is 173 g/mol. The first kappa shape index (κ1) is 9.43. The molecule has 0 fully saturated rings. The Morgan fingerprint density at radius 3 is 3.08 bits per heavy atom. The number of hydrogen-bond acceptors (Lipinski definition) is 3. The summed E-state index contributed by atoms with van der Waals surface area (Å²) in [6, 6.07) is 7.06. The number of hydrogen-bond donors (Lipinski definition) is 1. The highest BCUT2D eigenvalue weighted by molar-refractivity contribution is 5.23. The zero-order chi connectivity index (χ0) is 9.68. The van der Waals surface area contributed by atoms with Crippen LogP contribution in [-0.4, -0.2) is 4.98 Å². The van der Waals surface area contributed by atoms with Crippen LogP contribution in [-0.2, 0) is 0 Å². The third-order valence-corrected chi connectivity index (χ3v) is 1.69. The number of rotatable bonds is 3. The fourth-order valence-electron chi connectivity index (χ4n) is 1.02. The number of pyridine rings is 1. The van der Waals surface area contributed by atoms with Crippen molar-refractivity contribution in [1.82, 2.24) is 4.98 Å². The van der Waals surface area contributed by atoms with Gasteiger partial charge in [-0.1, -0.05) is 12.1 Å². The van der Waals surface area contributed by atoms with E-state index in [4.69, 9.17) is 11.0 Å². The minimum atomic E-state index is -0.161. The zero-order valence-electron chi connectivity index (χ0n) is 7.27. The van der Waals surface area contributed by atoms with E-state index in [0.29, 0.717) is 12.1 Å². The summed E-state index contributed by atoms with van der Waals surface area (Å²) in [7, 11) is 0. The molecule has 66 valence electrons. The molecular weight excluding hydrogens is 162 g/mol. The number of aromatic nitrogens is 1. The van der Waals surface area contributed by atoms with Gasteiger partial charge in [-0.15, -0.1) is 6.58 Å². The van der Waals surface area contributed by atoms with Gasteiger partial charge >= 0.3 is 0 Å². The van der Waals surface area contributed by atoms with E-state index in [1.165, 1.54) is 0 Å². The molecule has 0 aromatic carbocycles. The van der Waals surface area contributed by atoms with Crippen LogP contribution in [0.25, 0.3) is 0 Å². The van der Waals surface area contributed by atoms with Crippen LogP contribution in [0.1, 0.15) is 23.9 Å². The summed E-state index contributed by atoms with van der Waals surface area (Å²) in [5, 5.41) is 8.60. The van der Waals surface area contributed by atoms with Crippen LogP contribution >= 0.6 is 0 Å². The van der Waals surface area contributed by atoms with Crippen LogP contribution in [0.15, 0.2) is 30.9 Å². The van der Waals surface area contributed by atoms with E-state index in [1.807, 2.05) is 12.1 Å². The highest BCUT2D eigenvalue weighted by Gasteiger charge is 2.05. The van der Waals surface area contributed by atoms with E-state index >= 15 is 0 Å². The Bertz CT molecular complexity index is 338. The minimum Gasteiger partial charge on any atom is -0.322 e. The summed E-state index contributed by atoms with van der Waals surface area (Å²) in [5.41, 5.74) is 6.92. The number of nitrogens with zero attached hydrogens (tertiary/aromatic N) is 2. The van der Waals surface area contributed by atoms with Gasteiger partial charge in [0.15, 0.2) is 0 Å². The topological polar surface area (TPSA) is 62.7 Å². The normalized spacial score (nSPS) is 11.7. The summed E-state index contributed by atoms with van der Waals surface area (Å²) < 4.78 is 0. The molecule has 0 spiro atoms. The second-order valence-electron chi connectivity index (χ2n) is 2.69. The van der Waals surface area contributed by atoms with Gasteiger partial charge in [0.05, 0.1) is 11.7 Å². The van der Waals surface area contributed by atoms with Crippen molar-refractivity contribution in [1.29, 1.82) is 5.26 Å². The van der Waals surface area contributed by atoms with E-state index in [1.54, 1.807) is 18.2 Å². The maximum atomic E-state index is 8.60. The first-order valence-electron chi connectivity index (χ1n) is 4.01. The largest absolute Gasteiger partial charge is 0.322 e. The molecule has 13 heavy (non-hydrogen) atoms. The summed E-state index contributed by atoms with van der Waals surface area (Å²) >= 11 is 0. The molecule has 0 radical (unpaired) electrons. The molecule has 0 aliphatic heterocycles. The Labute approximate surface area is 77.5 Å². The highest BCUT2D eigenvalue weighted by Crippen LogP contribution is 2.11. The summed E-state index contributed by atoms with van der Waals surface area (Å²) in [6.07, 6.45) is 2.41. The van der Waals surface area contributed by atoms with Crippen molar-refractivity contribution in [2.75, 3.05) is 0 Å².